The summed E-state index contributed by atoms with van der Waals surface area (Å²) < 4.78 is 0. The van der Waals surface area contributed by atoms with E-state index in [2.05, 4.69) is 16.7 Å². The monoisotopic (exact) mass is 196 g/mol. The zero-order chi connectivity index (χ0) is 10.3. The minimum absolute atomic E-state index is 0.741. The van der Waals surface area contributed by atoms with Crippen molar-refractivity contribution in [2.45, 2.75) is 27.7 Å². The average Bonchev–Trinajstić information content (AvgIpc) is 2.50. The Morgan fingerprint density at radius 1 is 1.46 bits per heavy atom. The van der Waals surface area contributed by atoms with Crippen LogP contribution in [0.25, 0.3) is 6.08 Å². The summed E-state index contributed by atoms with van der Waals surface area (Å²) in [7, 11) is 0. The molecule has 0 saturated heterocycles. The van der Waals surface area contributed by atoms with E-state index in [1.807, 2.05) is 39.8 Å². The van der Waals surface area contributed by atoms with Gasteiger partial charge in [-0.3, -0.25) is 0 Å². The number of rotatable bonds is 2. The van der Waals surface area contributed by atoms with E-state index < -0.39 is 0 Å². The molecule has 0 aliphatic carbocycles. The van der Waals surface area contributed by atoms with E-state index in [0.717, 1.165) is 15.7 Å². The van der Waals surface area contributed by atoms with Crippen LogP contribution in [-0.2, 0) is 0 Å². The molecular formula is C10H16N2S. The number of nitrogens with zero attached hydrogens (tertiary/aromatic N) is 2. The lowest BCUT2D eigenvalue weighted by Gasteiger charge is -1.84. The van der Waals surface area contributed by atoms with Crippen molar-refractivity contribution < 1.29 is 0 Å². The first-order valence-electron chi connectivity index (χ1n) is 4.34. The minimum atomic E-state index is 0.741. The quantitative estimate of drug-likeness (QED) is 0.660. The lowest BCUT2D eigenvalue weighted by molar-refractivity contribution is 1.26. The lowest BCUT2D eigenvalue weighted by Crippen LogP contribution is -1.65. The molecule has 0 saturated carbocycles. The molecule has 1 aromatic rings. The Morgan fingerprint density at radius 2 is 2.08 bits per heavy atom. The molecule has 3 heteroatoms. The third kappa shape index (κ3) is 3.51. The number of aryl methyl sites for hydroxylation is 1. The molecule has 72 valence electrons. The van der Waals surface area contributed by atoms with E-state index in [9.17, 15) is 0 Å². The summed E-state index contributed by atoms with van der Waals surface area (Å²) in [6, 6.07) is 0. The molecule has 0 amide bonds. The summed E-state index contributed by atoms with van der Waals surface area (Å²) in [4.78, 5) is 9.08. The number of hydrogen-bond donors (Lipinski definition) is 0. The predicted molar refractivity (Wildman–Crippen MR) is 62.1 cm³/mol. The van der Waals surface area contributed by atoms with Gasteiger partial charge in [-0.15, -0.1) is 11.3 Å². The summed E-state index contributed by atoms with van der Waals surface area (Å²) in [5.41, 5.74) is 0. The normalized spacial score (nSPS) is 9.54. The van der Waals surface area contributed by atoms with Gasteiger partial charge in [0, 0.05) is 0 Å². The van der Waals surface area contributed by atoms with Crippen LogP contribution in [0.4, 0.5) is 5.82 Å². The molecule has 0 fully saturated rings. The first-order chi connectivity index (χ1) is 6.27. The molecule has 2 nitrogen and oxygen atoms in total. The molecule has 0 aliphatic heterocycles. The van der Waals surface area contributed by atoms with E-state index >= 15 is 0 Å². The van der Waals surface area contributed by atoms with Crippen molar-refractivity contribution in [1.29, 1.82) is 0 Å². The highest BCUT2D eigenvalue weighted by molar-refractivity contribution is 7.13. The Kier molecular flexibility index (Phi) is 6.06. The molecule has 1 aromatic heterocycles. The van der Waals surface area contributed by atoms with E-state index in [4.69, 9.17) is 0 Å². The molecule has 0 unspecified atom stereocenters. The standard InChI is InChI=1S/C8H10N2S.C2H6/c1-4-5-7-8(9-3)10-6(2)11-7;1-2/h4-5H,3H2,1-2H3;1-2H3/b5-4-;. The second-order valence-corrected chi connectivity index (χ2v) is 3.31. The van der Waals surface area contributed by atoms with E-state index in [1.165, 1.54) is 0 Å². The number of aromatic nitrogens is 1. The van der Waals surface area contributed by atoms with Gasteiger partial charge in [-0.05, 0) is 26.6 Å². The maximum Gasteiger partial charge on any atom is 0.169 e. The largest absolute Gasteiger partial charge is 0.244 e. The second-order valence-electron chi connectivity index (χ2n) is 2.08. The van der Waals surface area contributed by atoms with E-state index in [1.54, 1.807) is 11.3 Å². The Bertz CT molecular complexity index is 287. The summed E-state index contributed by atoms with van der Waals surface area (Å²) in [6.07, 6.45) is 3.97. The predicted octanol–water partition coefficient (Wildman–Crippen LogP) is 3.84. The minimum Gasteiger partial charge on any atom is -0.244 e. The number of hydrogen-bond acceptors (Lipinski definition) is 3. The maximum absolute atomic E-state index is 4.19. The van der Waals surface area contributed by atoms with Gasteiger partial charge in [-0.1, -0.05) is 19.9 Å². The average molecular weight is 196 g/mol. The van der Waals surface area contributed by atoms with Crippen molar-refractivity contribution in [3.63, 3.8) is 0 Å². The van der Waals surface area contributed by atoms with Gasteiger partial charge in [-0.25, -0.2) is 9.98 Å². The highest BCUT2D eigenvalue weighted by Gasteiger charge is 2.02. The summed E-state index contributed by atoms with van der Waals surface area (Å²) in [5, 5.41) is 1.03. The fraction of sp³-hybridized carbons (Fsp3) is 0.400. The van der Waals surface area contributed by atoms with Gasteiger partial charge in [0.05, 0.1) is 9.88 Å². The van der Waals surface area contributed by atoms with Crippen molar-refractivity contribution in [2.24, 2.45) is 4.99 Å². The third-order valence-corrected chi connectivity index (χ3v) is 2.13. The summed E-state index contributed by atoms with van der Waals surface area (Å²) >= 11 is 1.63. The number of allylic oxidation sites excluding steroid dienone is 1. The van der Waals surface area contributed by atoms with Gasteiger partial charge in [-0.2, -0.15) is 0 Å². The SMILES string of the molecule is C=Nc1nc(C)sc1/C=C\C.CC. The smallest absolute Gasteiger partial charge is 0.169 e. The van der Waals surface area contributed by atoms with Gasteiger partial charge in [0.1, 0.15) is 0 Å². The van der Waals surface area contributed by atoms with Crippen molar-refractivity contribution in [1.82, 2.24) is 4.98 Å². The summed E-state index contributed by atoms with van der Waals surface area (Å²) in [5.74, 6) is 0.741. The fourth-order valence-corrected chi connectivity index (χ4v) is 1.66. The van der Waals surface area contributed by atoms with Crippen LogP contribution in [0.1, 0.15) is 30.7 Å². The van der Waals surface area contributed by atoms with Crippen LogP contribution in [0.2, 0.25) is 0 Å². The Morgan fingerprint density at radius 3 is 2.54 bits per heavy atom. The van der Waals surface area contributed by atoms with Crippen LogP contribution in [-0.4, -0.2) is 11.7 Å². The number of thiazole rings is 1. The van der Waals surface area contributed by atoms with Crippen molar-refractivity contribution >= 4 is 29.9 Å². The molecule has 13 heavy (non-hydrogen) atoms. The number of aliphatic imine (C=N–C) groups is 1. The molecule has 0 aliphatic rings. The third-order valence-electron chi connectivity index (χ3n) is 1.21. The van der Waals surface area contributed by atoms with Gasteiger partial charge >= 0.3 is 0 Å². The van der Waals surface area contributed by atoms with Crippen molar-refractivity contribution in [3.8, 4) is 0 Å². The zero-order valence-corrected chi connectivity index (χ0v) is 9.48. The van der Waals surface area contributed by atoms with Crippen LogP contribution in [0.15, 0.2) is 11.1 Å². The topological polar surface area (TPSA) is 25.2 Å². The van der Waals surface area contributed by atoms with Gasteiger partial charge < -0.3 is 0 Å². The first-order valence-corrected chi connectivity index (χ1v) is 5.16. The van der Waals surface area contributed by atoms with Gasteiger partial charge in [0.2, 0.25) is 0 Å². The molecule has 0 aromatic carbocycles. The van der Waals surface area contributed by atoms with E-state index in [0.29, 0.717) is 0 Å². The Balaban J connectivity index is 0.000000671. The Labute approximate surface area is 84.1 Å². The molecule has 0 atom stereocenters. The van der Waals surface area contributed by atoms with E-state index in [-0.39, 0.29) is 0 Å². The molecule has 0 spiro atoms. The van der Waals surface area contributed by atoms with Crippen molar-refractivity contribution in [3.05, 3.63) is 16.0 Å². The molecule has 0 bridgehead atoms. The highest BCUT2D eigenvalue weighted by atomic mass is 32.1. The second kappa shape index (κ2) is 6.54. The first kappa shape index (κ1) is 12.0. The Hall–Kier alpha value is -0.960. The van der Waals surface area contributed by atoms with Crippen LogP contribution in [0.3, 0.4) is 0 Å². The van der Waals surface area contributed by atoms with Gasteiger partial charge in [0.15, 0.2) is 5.82 Å². The molecule has 0 N–H and O–H groups in total. The molecular weight excluding hydrogens is 180 g/mol. The maximum atomic E-state index is 4.19. The van der Waals surface area contributed by atoms with Crippen LogP contribution >= 0.6 is 11.3 Å². The van der Waals surface area contributed by atoms with Crippen molar-refractivity contribution in [2.75, 3.05) is 0 Å². The molecule has 0 radical (unpaired) electrons. The summed E-state index contributed by atoms with van der Waals surface area (Å²) in [6.45, 7) is 11.4. The molecule has 1 heterocycles. The van der Waals surface area contributed by atoms with Crippen LogP contribution < -0.4 is 0 Å². The lowest BCUT2D eigenvalue weighted by atomic mass is 10.4. The van der Waals surface area contributed by atoms with Gasteiger partial charge in [0.25, 0.3) is 0 Å². The fourth-order valence-electron chi connectivity index (χ4n) is 0.805. The molecule has 1 rings (SSSR count). The van der Waals surface area contributed by atoms with Crippen LogP contribution in [0.5, 0.6) is 0 Å². The zero-order valence-electron chi connectivity index (χ0n) is 8.66. The van der Waals surface area contributed by atoms with Crippen LogP contribution in [0, 0.1) is 6.92 Å². The highest BCUT2D eigenvalue weighted by Crippen LogP contribution is 2.25.